The molecule has 1 atom stereocenters. The summed E-state index contributed by atoms with van der Waals surface area (Å²) in [7, 11) is 1.86. The van der Waals surface area contributed by atoms with Gasteiger partial charge in [-0.25, -0.2) is 4.79 Å². The van der Waals surface area contributed by atoms with Crippen molar-refractivity contribution in [2.75, 3.05) is 46.4 Å². The minimum Gasteiger partial charge on any atom is -0.491 e. The molecule has 2 aliphatic heterocycles. The molecule has 0 saturated carbocycles. The van der Waals surface area contributed by atoms with E-state index < -0.39 is 6.10 Å². The van der Waals surface area contributed by atoms with Gasteiger partial charge in [0.25, 0.3) is 0 Å². The fourth-order valence-electron chi connectivity index (χ4n) is 3.68. The second kappa shape index (κ2) is 8.06. The largest absolute Gasteiger partial charge is 0.491 e. The molecule has 3 rings (SSSR count). The number of nitrogens with zero attached hydrogens (tertiary/aromatic N) is 3. The van der Waals surface area contributed by atoms with Crippen molar-refractivity contribution >= 4 is 6.03 Å². The normalized spacial score (nSPS) is 21.0. The molecule has 0 bridgehead atoms. The molecule has 1 aromatic carbocycles. The molecule has 0 spiro atoms. The quantitative estimate of drug-likeness (QED) is 0.849. The van der Waals surface area contributed by atoms with Crippen LogP contribution in [-0.2, 0) is 0 Å². The molecule has 1 aromatic rings. The van der Waals surface area contributed by atoms with Gasteiger partial charge >= 0.3 is 6.03 Å². The third-order valence-corrected chi connectivity index (χ3v) is 5.24. The van der Waals surface area contributed by atoms with Crippen LogP contribution >= 0.6 is 0 Å². The van der Waals surface area contributed by atoms with Crippen LogP contribution in [0.5, 0.6) is 5.75 Å². The van der Waals surface area contributed by atoms with Crippen LogP contribution in [-0.4, -0.2) is 84.4 Å². The van der Waals surface area contributed by atoms with Crippen molar-refractivity contribution in [3.8, 4) is 5.75 Å². The van der Waals surface area contributed by atoms with Gasteiger partial charge in [0, 0.05) is 45.8 Å². The van der Waals surface area contributed by atoms with Crippen molar-refractivity contribution in [1.82, 2.24) is 14.7 Å². The van der Waals surface area contributed by atoms with Crippen LogP contribution in [0.3, 0.4) is 0 Å². The highest BCUT2D eigenvalue weighted by molar-refractivity contribution is 5.76. The van der Waals surface area contributed by atoms with Crippen LogP contribution in [0, 0.1) is 6.92 Å². The van der Waals surface area contributed by atoms with Crippen molar-refractivity contribution in [3.63, 3.8) is 0 Å². The maximum absolute atomic E-state index is 12.1. The summed E-state index contributed by atoms with van der Waals surface area (Å²) in [5.41, 5.74) is 1.08. The van der Waals surface area contributed by atoms with Crippen molar-refractivity contribution in [3.05, 3.63) is 29.8 Å². The van der Waals surface area contributed by atoms with Crippen LogP contribution in [0.2, 0.25) is 0 Å². The molecule has 2 fully saturated rings. The number of amides is 2. The first-order valence-corrected chi connectivity index (χ1v) is 9.15. The summed E-state index contributed by atoms with van der Waals surface area (Å²) in [6.07, 6.45) is 1.45. The fourth-order valence-corrected chi connectivity index (χ4v) is 3.68. The predicted molar refractivity (Wildman–Crippen MR) is 96.9 cm³/mol. The Bertz CT molecular complexity index is 587. The van der Waals surface area contributed by atoms with E-state index in [2.05, 4.69) is 4.90 Å². The molecule has 0 unspecified atom stereocenters. The molecular formula is C19H29N3O3. The van der Waals surface area contributed by atoms with Gasteiger partial charge in [-0.1, -0.05) is 18.2 Å². The molecule has 0 aromatic heterocycles. The summed E-state index contributed by atoms with van der Waals surface area (Å²) < 4.78 is 5.73. The zero-order valence-corrected chi connectivity index (χ0v) is 15.2. The molecular weight excluding hydrogens is 318 g/mol. The molecule has 2 amide bonds. The highest BCUT2D eigenvalue weighted by atomic mass is 16.5. The average Bonchev–Trinajstić information content (AvgIpc) is 2.94. The van der Waals surface area contributed by atoms with Gasteiger partial charge in [-0.05, 0) is 31.4 Å². The minimum atomic E-state index is -0.504. The van der Waals surface area contributed by atoms with Gasteiger partial charge in [-0.15, -0.1) is 0 Å². The number of benzene rings is 1. The summed E-state index contributed by atoms with van der Waals surface area (Å²) >= 11 is 0. The van der Waals surface area contributed by atoms with E-state index in [1.807, 2.05) is 43.1 Å². The fraction of sp³-hybridized carbons (Fsp3) is 0.632. The maximum atomic E-state index is 12.1. The number of hydrogen-bond donors (Lipinski definition) is 1. The summed E-state index contributed by atoms with van der Waals surface area (Å²) in [5.74, 6) is 0.830. The number of urea groups is 1. The molecule has 138 valence electrons. The van der Waals surface area contributed by atoms with Gasteiger partial charge in [-0.3, -0.25) is 0 Å². The smallest absolute Gasteiger partial charge is 0.320 e. The number of rotatable bonds is 6. The van der Waals surface area contributed by atoms with E-state index in [4.69, 9.17) is 4.74 Å². The maximum Gasteiger partial charge on any atom is 0.320 e. The topological polar surface area (TPSA) is 56.3 Å². The molecule has 0 aliphatic carbocycles. The molecule has 6 heteroatoms. The number of para-hydroxylation sites is 1. The van der Waals surface area contributed by atoms with E-state index in [-0.39, 0.29) is 6.03 Å². The van der Waals surface area contributed by atoms with E-state index in [1.54, 1.807) is 4.90 Å². The summed E-state index contributed by atoms with van der Waals surface area (Å²) in [5, 5.41) is 10.3. The Hall–Kier alpha value is -1.79. The van der Waals surface area contributed by atoms with Crippen molar-refractivity contribution in [2.24, 2.45) is 0 Å². The van der Waals surface area contributed by atoms with E-state index in [0.717, 1.165) is 50.3 Å². The number of β-amino-alcohol motifs (C(OH)–C–C–N with tert-alkyl or cyclic N) is 1. The number of likely N-dealkylation sites (tertiary alicyclic amines) is 1. The third kappa shape index (κ3) is 4.44. The number of hydrogen-bond acceptors (Lipinski definition) is 4. The van der Waals surface area contributed by atoms with Crippen LogP contribution in [0.4, 0.5) is 4.79 Å². The number of ether oxygens (including phenoxy) is 1. The first-order valence-electron chi connectivity index (χ1n) is 9.15. The van der Waals surface area contributed by atoms with Gasteiger partial charge in [-0.2, -0.15) is 0 Å². The Labute approximate surface area is 150 Å². The van der Waals surface area contributed by atoms with Gasteiger partial charge in [0.1, 0.15) is 18.5 Å². The first kappa shape index (κ1) is 18.0. The predicted octanol–water partition coefficient (Wildman–Crippen LogP) is 1.57. The number of likely N-dealkylation sites (N-methyl/N-ethyl adjacent to an activating group) is 1. The zero-order chi connectivity index (χ0) is 17.8. The Morgan fingerprint density at radius 2 is 1.92 bits per heavy atom. The van der Waals surface area contributed by atoms with E-state index in [1.165, 1.54) is 0 Å². The highest BCUT2D eigenvalue weighted by Crippen LogP contribution is 2.21. The van der Waals surface area contributed by atoms with Gasteiger partial charge in [0.15, 0.2) is 0 Å². The number of aliphatic hydroxyl groups is 1. The zero-order valence-electron chi connectivity index (χ0n) is 15.2. The molecule has 2 saturated heterocycles. The number of carbonyl (C=O) groups excluding carboxylic acids is 1. The van der Waals surface area contributed by atoms with Crippen molar-refractivity contribution in [2.45, 2.75) is 31.9 Å². The minimum absolute atomic E-state index is 0.158. The lowest BCUT2D eigenvalue weighted by Gasteiger charge is -2.37. The lowest BCUT2D eigenvalue weighted by Crippen LogP contribution is -2.48. The Kier molecular flexibility index (Phi) is 5.81. The van der Waals surface area contributed by atoms with Crippen LogP contribution in [0.25, 0.3) is 0 Å². The lowest BCUT2D eigenvalue weighted by atomic mass is 10.0. The lowest BCUT2D eigenvalue weighted by molar-refractivity contribution is 0.0504. The second-order valence-corrected chi connectivity index (χ2v) is 7.16. The summed E-state index contributed by atoms with van der Waals surface area (Å²) in [6.45, 7) is 6.43. The highest BCUT2D eigenvalue weighted by Gasteiger charge is 2.33. The van der Waals surface area contributed by atoms with Crippen LogP contribution in [0.1, 0.15) is 18.4 Å². The number of aryl methyl sites for hydroxylation is 1. The van der Waals surface area contributed by atoms with Gasteiger partial charge < -0.3 is 24.5 Å². The van der Waals surface area contributed by atoms with Gasteiger partial charge in [0.05, 0.1) is 0 Å². The Morgan fingerprint density at radius 1 is 1.20 bits per heavy atom. The first-order chi connectivity index (χ1) is 12.0. The molecule has 6 nitrogen and oxygen atoms in total. The number of carbonyl (C=O) groups is 1. The van der Waals surface area contributed by atoms with Gasteiger partial charge in [0.2, 0.25) is 0 Å². The van der Waals surface area contributed by atoms with Crippen LogP contribution in [0.15, 0.2) is 24.3 Å². The SMILES string of the molecule is Cc1ccccc1OC[C@@H](O)CN1CCC(N2CCN(C)C2=O)CC1. The van der Waals surface area contributed by atoms with Crippen molar-refractivity contribution < 1.29 is 14.6 Å². The monoisotopic (exact) mass is 347 g/mol. The van der Waals surface area contributed by atoms with Crippen molar-refractivity contribution in [1.29, 1.82) is 0 Å². The Balaban J connectivity index is 1.40. The average molecular weight is 347 g/mol. The molecule has 2 heterocycles. The molecule has 1 N–H and O–H groups in total. The van der Waals surface area contributed by atoms with Crippen LogP contribution < -0.4 is 4.74 Å². The molecule has 2 aliphatic rings. The van der Waals surface area contributed by atoms with E-state index in [9.17, 15) is 9.90 Å². The second-order valence-electron chi connectivity index (χ2n) is 7.16. The van der Waals surface area contributed by atoms with E-state index >= 15 is 0 Å². The molecule has 25 heavy (non-hydrogen) atoms. The summed E-state index contributed by atoms with van der Waals surface area (Å²) in [6, 6.07) is 8.35. The number of aliphatic hydroxyl groups excluding tert-OH is 1. The third-order valence-electron chi connectivity index (χ3n) is 5.24. The number of piperidine rings is 1. The molecule has 0 radical (unpaired) electrons. The van der Waals surface area contributed by atoms with E-state index in [0.29, 0.717) is 19.2 Å². The standard InChI is InChI=1S/C19H29N3O3/c1-15-5-3-4-6-18(15)25-14-17(23)13-21-9-7-16(8-10-21)22-12-11-20(2)19(22)24/h3-6,16-17,23H,7-14H2,1-2H3/t17-/m0/s1. The Morgan fingerprint density at radius 3 is 2.56 bits per heavy atom. The summed E-state index contributed by atoms with van der Waals surface area (Å²) in [4.78, 5) is 18.2.